The van der Waals surface area contributed by atoms with Crippen LogP contribution in [0.4, 0.5) is 0 Å². The van der Waals surface area contributed by atoms with Crippen molar-refractivity contribution in [2.24, 2.45) is 16.8 Å². The molecule has 66 valence electrons. The van der Waals surface area contributed by atoms with Gasteiger partial charge in [0.05, 0.1) is 6.54 Å². The van der Waals surface area contributed by atoms with Gasteiger partial charge in [0, 0.05) is 12.6 Å². The smallest absolute Gasteiger partial charge is 0.191 e. The number of aliphatic imine (C=N–C) groups is 1. The monoisotopic (exact) mass is 165 g/mol. The third-order valence-electron chi connectivity index (χ3n) is 3.06. The number of nitrogens with zero attached hydrogens (tertiary/aromatic N) is 1. The maximum absolute atomic E-state index is 4.32. The quantitative estimate of drug-likeness (QED) is 0.619. The molecule has 0 aromatic rings. The van der Waals surface area contributed by atoms with Gasteiger partial charge in [0.2, 0.25) is 0 Å². The first-order valence-electron chi connectivity index (χ1n) is 4.98. The van der Waals surface area contributed by atoms with Gasteiger partial charge in [-0.15, -0.1) is 0 Å². The van der Waals surface area contributed by atoms with Crippen LogP contribution in [0.5, 0.6) is 0 Å². The highest BCUT2D eigenvalue weighted by Crippen LogP contribution is 2.49. The van der Waals surface area contributed by atoms with Crippen LogP contribution in [0.15, 0.2) is 4.99 Å². The Bertz CT molecular complexity index is 220. The Kier molecular flexibility index (Phi) is 1.34. The number of nitrogens with one attached hydrogen (secondary N) is 2. The minimum absolute atomic E-state index is 0.752. The molecule has 0 amide bonds. The second kappa shape index (κ2) is 2.38. The van der Waals surface area contributed by atoms with Crippen molar-refractivity contribution in [3.05, 3.63) is 0 Å². The predicted molar refractivity (Wildman–Crippen MR) is 48.1 cm³/mol. The Balaban J connectivity index is 1.50. The number of hydrogen-bond acceptors (Lipinski definition) is 3. The van der Waals surface area contributed by atoms with Crippen molar-refractivity contribution in [1.82, 2.24) is 10.6 Å². The van der Waals surface area contributed by atoms with E-state index in [9.17, 15) is 0 Å². The van der Waals surface area contributed by atoms with Gasteiger partial charge in [-0.05, 0) is 31.1 Å². The third-order valence-corrected chi connectivity index (χ3v) is 3.06. The molecular weight excluding hydrogens is 150 g/mol. The molecule has 0 bridgehead atoms. The topological polar surface area (TPSA) is 36.4 Å². The van der Waals surface area contributed by atoms with E-state index in [0.717, 1.165) is 36.9 Å². The van der Waals surface area contributed by atoms with E-state index in [1.807, 2.05) is 0 Å². The van der Waals surface area contributed by atoms with Gasteiger partial charge >= 0.3 is 0 Å². The molecule has 12 heavy (non-hydrogen) atoms. The average molecular weight is 165 g/mol. The first kappa shape index (κ1) is 6.75. The van der Waals surface area contributed by atoms with E-state index >= 15 is 0 Å². The van der Waals surface area contributed by atoms with Crippen molar-refractivity contribution in [3.63, 3.8) is 0 Å². The Labute approximate surface area is 72.6 Å². The molecule has 2 saturated carbocycles. The summed E-state index contributed by atoms with van der Waals surface area (Å²) in [6, 6.07) is 0.752. The fourth-order valence-electron chi connectivity index (χ4n) is 2.10. The van der Waals surface area contributed by atoms with Crippen molar-refractivity contribution < 1.29 is 0 Å². The first-order chi connectivity index (χ1) is 5.93. The average Bonchev–Trinajstić information content (AvgIpc) is 2.91. The van der Waals surface area contributed by atoms with E-state index in [0.29, 0.717) is 0 Å². The molecule has 3 rings (SSSR count). The maximum atomic E-state index is 4.32. The molecule has 3 heteroatoms. The van der Waals surface area contributed by atoms with Crippen molar-refractivity contribution >= 4 is 5.96 Å². The molecule has 0 radical (unpaired) electrons. The normalized spacial score (nSPS) is 38.8. The van der Waals surface area contributed by atoms with Crippen LogP contribution in [0, 0.1) is 11.8 Å². The molecule has 2 aliphatic carbocycles. The Morgan fingerprint density at radius 1 is 1.42 bits per heavy atom. The van der Waals surface area contributed by atoms with Gasteiger partial charge < -0.3 is 10.6 Å². The van der Waals surface area contributed by atoms with Gasteiger partial charge in [-0.2, -0.15) is 0 Å². The Morgan fingerprint density at radius 3 is 3.00 bits per heavy atom. The van der Waals surface area contributed by atoms with Crippen molar-refractivity contribution in [1.29, 1.82) is 0 Å². The van der Waals surface area contributed by atoms with Crippen LogP contribution in [-0.2, 0) is 0 Å². The number of guanidine groups is 1. The van der Waals surface area contributed by atoms with Crippen LogP contribution in [-0.4, -0.2) is 25.1 Å². The molecule has 2 N–H and O–H groups in total. The molecule has 3 aliphatic rings. The minimum Gasteiger partial charge on any atom is -0.355 e. The summed E-state index contributed by atoms with van der Waals surface area (Å²) >= 11 is 0. The lowest BCUT2D eigenvalue weighted by Gasteiger charge is -2.04. The van der Waals surface area contributed by atoms with Gasteiger partial charge in [0.15, 0.2) is 5.96 Å². The van der Waals surface area contributed by atoms with Crippen molar-refractivity contribution in [2.75, 3.05) is 13.1 Å². The Morgan fingerprint density at radius 2 is 2.33 bits per heavy atom. The lowest BCUT2D eigenvalue weighted by molar-refractivity contribution is 0.658. The zero-order valence-electron chi connectivity index (χ0n) is 7.21. The lowest BCUT2D eigenvalue weighted by atomic mass is 10.3. The fourth-order valence-corrected chi connectivity index (χ4v) is 2.10. The second-order valence-electron chi connectivity index (χ2n) is 4.14. The van der Waals surface area contributed by atoms with Crippen molar-refractivity contribution in [3.8, 4) is 0 Å². The molecule has 0 spiro atoms. The van der Waals surface area contributed by atoms with E-state index in [1.165, 1.54) is 19.3 Å². The highest BCUT2D eigenvalue weighted by molar-refractivity contribution is 5.81. The first-order valence-corrected chi connectivity index (χ1v) is 4.98. The predicted octanol–water partition coefficient (Wildman–Crippen LogP) is 0.334. The molecule has 2 fully saturated rings. The van der Waals surface area contributed by atoms with Crippen LogP contribution in [0.25, 0.3) is 0 Å². The van der Waals surface area contributed by atoms with E-state index in [2.05, 4.69) is 15.6 Å². The highest BCUT2D eigenvalue weighted by atomic mass is 15.2. The third kappa shape index (κ3) is 1.17. The summed E-state index contributed by atoms with van der Waals surface area (Å²) in [4.78, 5) is 4.32. The molecule has 2 atom stereocenters. The van der Waals surface area contributed by atoms with Crippen LogP contribution >= 0.6 is 0 Å². The zero-order chi connectivity index (χ0) is 7.97. The molecule has 0 saturated heterocycles. The van der Waals surface area contributed by atoms with Gasteiger partial charge in [-0.25, -0.2) is 0 Å². The molecule has 0 aromatic heterocycles. The van der Waals surface area contributed by atoms with Crippen LogP contribution in [0.1, 0.15) is 19.3 Å². The number of hydrogen-bond donors (Lipinski definition) is 2. The number of rotatable bonds is 2. The fraction of sp³-hybridized carbons (Fsp3) is 0.889. The maximum Gasteiger partial charge on any atom is 0.191 e. The summed E-state index contributed by atoms with van der Waals surface area (Å²) in [5, 5.41) is 6.71. The van der Waals surface area contributed by atoms with Gasteiger partial charge in [0.25, 0.3) is 0 Å². The lowest BCUT2D eigenvalue weighted by Crippen LogP contribution is -2.36. The van der Waals surface area contributed by atoms with Gasteiger partial charge in [-0.3, -0.25) is 4.99 Å². The van der Waals surface area contributed by atoms with Gasteiger partial charge in [0.1, 0.15) is 0 Å². The molecule has 0 aromatic carbocycles. The summed E-state index contributed by atoms with van der Waals surface area (Å²) < 4.78 is 0. The van der Waals surface area contributed by atoms with Crippen LogP contribution in [0.3, 0.4) is 0 Å². The molecule has 1 aliphatic heterocycles. The Hall–Kier alpha value is -0.730. The van der Waals surface area contributed by atoms with E-state index in [4.69, 9.17) is 0 Å². The zero-order valence-corrected chi connectivity index (χ0v) is 7.21. The van der Waals surface area contributed by atoms with Crippen molar-refractivity contribution in [2.45, 2.75) is 25.3 Å². The molecular formula is C9H15N3. The highest BCUT2D eigenvalue weighted by Gasteiger charge is 2.47. The molecule has 2 unspecified atom stereocenters. The van der Waals surface area contributed by atoms with E-state index in [-0.39, 0.29) is 0 Å². The standard InChI is InChI=1S/C9H15N3/c1-2-6(1)7-5-8(7)12-9-10-3-4-11-9/h6-8H,1-5H2,(H2,10,11,12). The summed E-state index contributed by atoms with van der Waals surface area (Å²) in [5.41, 5.74) is 0. The summed E-state index contributed by atoms with van der Waals surface area (Å²) in [7, 11) is 0. The van der Waals surface area contributed by atoms with E-state index < -0.39 is 0 Å². The minimum atomic E-state index is 0.752. The molecule has 3 nitrogen and oxygen atoms in total. The SMILES string of the molecule is C1CNC(NC2CC2C2CC2)=N1. The largest absolute Gasteiger partial charge is 0.355 e. The van der Waals surface area contributed by atoms with E-state index in [1.54, 1.807) is 0 Å². The van der Waals surface area contributed by atoms with Crippen LogP contribution < -0.4 is 10.6 Å². The molecule has 1 heterocycles. The summed E-state index contributed by atoms with van der Waals surface area (Å²) in [5.74, 6) is 3.09. The van der Waals surface area contributed by atoms with Crippen LogP contribution in [0.2, 0.25) is 0 Å². The van der Waals surface area contributed by atoms with Gasteiger partial charge in [-0.1, -0.05) is 0 Å². The summed E-state index contributed by atoms with van der Waals surface area (Å²) in [6.07, 6.45) is 4.33. The summed E-state index contributed by atoms with van der Waals surface area (Å²) in [6.45, 7) is 1.96. The second-order valence-corrected chi connectivity index (χ2v) is 4.14.